The van der Waals surface area contributed by atoms with Crippen molar-refractivity contribution in [3.63, 3.8) is 0 Å². The van der Waals surface area contributed by atoms with Gasteiger partial charge in [0.05, 0.1) is 6.54 Å². The minimum Gasteiger partial charge on any atom is -0.264 e. The minimum atomic E-state index is 0.415. The summed E-state index contributed by atoms with van der Waals surface area (Å²) in [5.41, 5.74) is 2.25. The van der Waals surface area contributed by atoms with Gasteiger partial charge in [-0.05, 0) is 23.6 Å². The van der Waals surface area contributed by atoms with Gasteiger partial charge in [-0.2, -0.15) is 0 Å². The number of pyridine rings is 1. The van der Waals surface area contributed by atoms with Crippen molar-refractivity contribution in [1.29, 1.82) is 0 Å². The van der Waals surface area contributed by atoms with E-state index in [-0.39, 0.29) is 0 Å². The van der Waals surface area contributed by atoms with Gasteiger partial charge in [0.15, 0.2) is 0 Å². The Morgan fingerprint density at radius 2 is 2.36 bits per heavy atom. The Kier molecular flexibility index (Phi) is 1.58. The van der Waals surface area contributed by atoms with E-state index < -0.39 is 0 Å². The predicted octanol–water partition coefficient (Wildman–Crippen LogP) is 1.32. The maximum Gasteiger partial charge on any atom is 0.0544 e. The average Bonchev–Trinajstić information content (AvgIpc) is 2.04. The molecule has 0 radical (unpaired) electrons. The Morgan fingerprint density at radius 3 is 3.27 bits per heavy atom. The highest BCUT2D eigenvalue weighted by Gasteiger charge is 2.14. The van der Waals surface area contributed by atoms with E-state index in [1.807, 2.05) is 12.3 Å². The first-order valence-electron chi connectivity index (χ1n) is 3.69. The van der Waals surface area contributed by atoms with Gasteiger partial charge >= 0.3 is 0 Å². The third kappa shape index (κ3) is 1.24. The third-order valence-corrected chi connectivity index (χ3v) is 1.97. The molecule has 0 unspecified atom stereocenters. The molecule has 1 aromatic heterocycles. The summed E-state index contributed by atoms with van der Waals surface area (Å²) in [5.74, 6) is 0. The fraction of sp³-hybridized carbons (Fsp3) is 0.375. The monoisotopic (exact) mass is 152 g/mol. The number of halogens is 1. The van der Waals surface area contributed by atoms with E-state index in [4.69, 9.17) is 0 Å². The summed E-state index contributed by atoms with van der Waals surface area (Å²) < 4.78 is 12.7. The van der Waals surface area contributed by atoms with Crippen molar-refractivity contribution in [3.05, 3.63) is 29.6 Å². The standard InChI is InChI=1S/C8H9FN2/c9-11-4-2-7-5-10-3-1-8(7)6-11/h1,3,5H,2,4,6H2. The van der Waals surface area contributed by atoms with Crippen molar-refractivity contribution < 1.29 is 4.48 Å². The highest BCUT2D eigenvalue weighted by molar-refractivity contribution is 5.24. The molecular formula is C8H9FN2. The Bertz CT molecular complexity index is 262. The molecule has 3 heteroatoms. The lowest BCUT2D eigenvalue weighted by Crippen LogP contribution is -2.23. The fourth-order valence-electron chi connectivity index (χ4n) is 1.34. The second-order valence-corrected chi connectivity index (χ2v) is 2.74. The quantitative estimate of drug-likeness (QED) is 0.521. The first kappa shape index (κ1) is 6.73. The molecule has 0 aromatic carbocycles. The van der Waals surface area contributed by atoms with E-state index in [2.05, 4.69) is 4.98 Å². The Morgan fingerprint density at radius 1 is 1.45 bits per heavy atom. The zero-order valence-corrected chi connectivity index (χ0v) is 6.13. The first-order valence-corrected chi connectivity index (χ1v) is 3.69. The van der Waals surface area contributed by atoms with E-state index in [1.165, 1.54) is 5.56 Å². The summed E-state index contributed by atoms with van der Waals surface area (Å²) >= 11 is 0. The van der Waals surface area contributed by atoms with Crippen LogP contribution in [0.25, 0.3) is 0 Å². The van der Waals surface area contributed by atoms with Crippen molar-refractivity contribution in [1.82, 2.24) is 10.1 Å². The first-order chi connectivity index (χ1) is 5.36. The van der Waals surface area contributed by atoms with E-state index >= 15 is 0 Å². The molecule has 0 fully saturated rings. The van der Waals surface area contributed by atoms with Crippen LogP contribution in [0.1, 0.15) is 11.1 Å². The van der Waals surface area contributed by atoms with Gasteiger partial charge in [0, 0.05) is 18.9 Å². The minimum absolute atomic E-state index is 0.415. The van der Waals surface area contributed by atoms with Crippen molar-refractivity contribution >= 4 is 0 Å². The number of fused-ring (bicyclic) bond motifs is 1. The molecule has 0 amide bonds. The summed E-state index contributed by atoms with van der Waals surface area (Å²) in [7, 11) is 0. The normalized spacial score (nSPS) is 17.9. The molecule has 0 atom stereocenters. The maximum absolute atomic E-state index is 12.7. The average molecular weight is 152 g/mol. The summed E-state index contributed by atoms with van der Waals surface area (Å²) in [5, 5.41) is 0.836. The SMILES string of the molecule is FN1CCc2cnccc2C1. The predicted molar refractivity (Wildman–Crippen MR) is 39.5 cm³/mol. The topological polar surface area (TPSA) is 16.1 Å². The summed E-state index contributed by atoms with van der Waals surface area (Å²) in [4.78, 5) is 3.98. The van der Waals surface area contributed by atoms with Crippen molar-refractivity contribution in [3.8, 4) is 0 Å². The number of aromatic nitrogens is 1. The van der Waals surface area contributed by atoms with Crippen LogP contribution in [0.2, 0.25) is 0 Å². The molecule has 0 spiro atoms. The van der Waals surface area contributed by atoms with Crippen LogP contribution in [0.3, 0.4) is 0 Å². The van der Waals surface area contributed by atoms with Gasteiger partial charge in [-0.25, -0.2) is 0 Å². The van der Waals surface area contributed by atoms with Gasteiger partial charge in [0.2, 0.25) is 0 Å². The molecule has 0 saturated heterocycles. The molecule has 11 heavy (non-hydrogen) atoms. The lowest BCUT2D eigenvalue weighted by molar-refractivity contribution is 0.0103. The van der Waals surface area contributed by atoms with Crippen LogP contribution in [0.15, 0.2) is 18.5 Å². The molecule has 2 heterocycles. The van der Waals surface area contributed by atoms with Crippen LogP contribution in [0.4, 0.5) is 4.48 Å². The lowest BCUT2D eigenvalue weighted by Gasteiger charge is -2.19. The Labute approximate surface area is 64.6 Å². The number of nitrogens with zero attached hydrogens (tertiary/aromatic N) is 2. The molecule has 0 saturated carbocycles. The van der Waals surface area contributed by atoms with Crippen LogP contribution in [-0.4, -0.2) is 16.7 Å². The van der Waals surface area contributed by atoms with Gasteiger partial charge < -0.3 is 0 Å². The molecule has 0 bridgehead atoms. The fourth-order valence-corrected chi connectivity index (χ4v) is 1.34. The molecule has 1 aliphatic heterocycles. The van der Waals surface area contributed by atoms with Crippen LogP contribution in [0, 0.1) is 0 Å². The Balaban J connectivity index is 2.34. The molecule has 0 aliphatic carbocycles. The molecule has 2 nitrogen and oxygen atoms in total. The van der Waals surface area contributed by atoms with Crippen LogP contribution < -0.4 is 0 Å². The van der Waals surface area contributed by atoms with E-state index in [9.17, 15) is 4.48 Å². The second kappa shape index (κ2) is 2.58. The molecule has 1 aromatic rings. The molecule has 1 aliphatic rings. The van der Waals surface area contributed by atoms with Crippen LogP contribution >= 0.6 is 0 Å². The summed E-state index contributed by atoms with van der Waals surface area (Å²) in [6.07, 6.45) is 4.31. The maximum atomic E-state index is 12.7. The zero-order valence-electron chi connectivity index (χ0n) is 6.13. The molecule has 0 N–H and O–H groups in total. The van der Waals surface area contributed by atoms with Gasteiger partial charge in [0.25, 0.3) is 0 Å². The zero-order chi connectivity index (χ0) is 7.68. The van der Waals surface area contributed by atoms with Crippen molar-refractivity contribution in [2.24, 2.45) is 0 Å². The van der Waals surface area contributed by atoms with Gasteiger partial charge in [-0.15, -0.1) is 9.60 Å². The van der Waals surface area contributed by atoms with Crippen molar-refractivity contribution in [2.45, 2.75) is 13.0 Å². The molecular weight excluding hydrogens is 143 g/mol. The summed E-state index contributed by atoms with van der Waals surface area (Å²) in [6, 6.07) is 1.88. The molecule has 2 rings (SSSR count). The van der Waals surface area contributed by atoms with Crippen LogP contribution in [0.5, 0.6) is 0 Å². The highest BCUT2D eigenvalue weighted by atomic mass is 19.2. The highest BCUT2D eigenvalue weighted by Crippen LogP contribution is 2.16. The van der Waals surface area contributed by atoms with E-state index in [0.29, 0.717) is 13.1 Å². The van der Waals surface area contributed by atoms with E-state index in [1.54, 1.807) is 6.20 Å². The van der Waals surface area contributed by atoms with Crippen LogP contribution in [-0.2, 0) is 13.0 Å². The summed E-state index contributed by atoms with van der Waals surface area (Å²) in [6.45, 7) is 0.913. The van der Waals surface area contributed by atoms with Gasteiger partial charge in [-0.3, -0.25) is 4.98 Å². The number of hydrogen-bond acceptors (Lipinski definition) is 2. The smallest absolute Gasteiger partial charge is 0.0544 e. The molecule has 58 valence electrons. The number of hydrogen-bond donors (Lipinski definition) is 0. The second-order valence-electron chi connectivity index (χ2n) is 2.74. The Hall–Kier alpha value is -0.960. The third-order valence-electron chi connectivity index (χ3n) is 1.97. The lowest BCUT2D eigenvalue weighted by atomic mass is 10.0. The number of rotatable bonds is 0. The van der Waals surface area contributed by atoms with Crippen molar-refractivity contribution in [2.75, 3.05) is 6.54 Å². The largest absolute Gasteiger partial charge is 0.264 e. The van der Waals surface area contributed by atoms with Gasteiger partial charge in [-0.1, -0.05) is 0 Å². The van der Waals surface area contributed by atoms with Gasteiger partial charge in [0.1, 0.15) is 0 Å². The van der Waals surface area contributed by atoms with E-state index in [0.717, 1.165) is 17.1 Å².